The fraction of sp³-hybridized carbons (Fsp3) is 0.250. The molecule has 0 aliphatic carbocycles. The quantitative estimate of drug-likeness (QED) is 0.525. The van der Waals surface area contributed by atoms with Gasteiger partial charge >= 0.3 is 12.1 Å². The Balaban J connectivity index is 0.000000364. The van der Waals surface area contributed by atoms with Crippen LogP contribution in [-0.4, -0.2) is 51.8 Å². The number of halogens is 4. The number of anilines is 1. The first kappa shape index (κ1) is 24.3. The summed E-state index contributed by atoms with van der Waals surface area (Å²) >= 11 is 0. The molecule has 2 saturated heterocycles. The Morgan fingerprint density at radius 3 is 2.17 bits per heavy atom. The number of carboxylic acid groups (broad SMARTS) is 1. The highest BCUT2D eigenvalue weighted by Crippen LogP contribution is 2.47. The Bertz CT molecular complexity index is 1210. The highest BCUT2D eigenvalue weighted by molar-refractivity contribution is 6.24. The van der Waals surface area contributed by atoms with E-state index < -0.39 is 30.0 Å². The van der Waals surface area contributed by atoms with E-state index in [1.807, 2.05) is 11.0 Å². The van der Waals surface area contributed by atoms with Crippen LogP contribution in [0.5, 0.6) is 0 Å². The van der Waals surface area contributed by atoms with Crippen molar-refractivity contribution in [3.05, 3.63) is 78.1 Å². The normalized spacial score (nSPS) is 25.4. The van der Waals surface area contributed by atoms with Gasteiger partial charge in [0.15, 0.2) is 5.78 Å². The smallest absolute Gasteiger partial charge is 0.475 e. The minimum Gasteiger partial charge on any atom is -0.475 e. The number of hydrogen-bond donors (Lipinski definition) is 1. The SMILES string of the molecule is O=C(O)C(F)(F)F.O=C1C=CC2C3C(=O)N(c4ccccc4)C(=O)C3C1N2Cc1cccc(F)c1. The average molecular weight is 490 g/mol. The Kier molecular flexibility index (Phi) is 6.28. The number of aliphatic carboxylic acids is 1. The zero-order valence-electron chi connectivity index (χ0n) is 17.9. The summed E-state index contributed by atoms with van der Waals surface area (Å²) in [5.74, 6) is -5.23. The molecule has 35 heavy (non-hydrogen) atoms. The van der Waals surface area contributed by atoms with Crippen molar-refractivity contribution in [1.29, 1.82) is 0 Å². The first-order valence-corrected chi connectivity index (χ1v) is 10.5. The average Bonchev–Trinajstić information content (AvgIpc) is 3.17. The molecule has 1 N–H and O–H groups in total. The van der Waals surface area contributed by atoms with E-state index in [0.717, 1.165) is 0 Å². The lowest BCUT2D eigenvalue weighted by molar-refractivity contribution is -0.192. The molecule has 7 nitrogen and oxygen atoms in total. The van der Waals surface area contributed by atoms with Gasteiger partial charge in [-0.15, -0.1) is 0 Å². The van der Waals surface area contributed by atoms with Gasteiger partial charge in [-0.3, -0.25) is 19.3 Å². The number of benzene rings is 2. The molecule has 3 aliphatic heterocycles. The fourth-order valence-corrected chi connectivity index (χ4v) is 4.75. The first-order chi connectivity index (χ1) is 16.5. The van der Waals surface area contributed by atoms with Crippen LogP contribution in [0, 0.1) is 17.7 Å². The van der Waals surface area contributed by atoms with Crippen molar-refractivity contribution in [2.24, 2.45) is 11.8 Å². The molecule has 0 saturated carbocycles. The van der Waals surface area contributed by atoms with Crippen molar-refractivity contribution in [3.63, 3.8) is 0 Å². The second-order valence-electron chi connectivity index (χ2n) is 8.20. The summed E-state index contributed by atoms with van der Waals surface area (Å²) in [6, 6.07) is 13.9. The summed E-state index contributed by atoms with van der Waals surface area (Å²) in [5.41, 5.74) is 1.23. The van der Waals surface area contributed by atoms with Gasteiger partial charge in [0, 0.05) is 12.6 Å². The number of hydrogen-bond acceptors (Lipinski definition) is 5. The maximum Gasteiger partial charge on any atom is 0.490 e. The fourth-order valence-electron chi connectivity index (χ4n) is 4.75. The number of ketones is 1. The monoisotopic (exact) mass is 490 g/mol. The molecule has 2 fully saturated rings. The Labute approximate surface area is 196 Å². The zero-order chi connectivity index (χ0) is 25.5. The third-order valence-corrected chi connectivity index (χ3v) is 6.11. The maximum absolute atomic E-state index is 13.6. The van der Waals surface area contributed by atoms with Crippen LogP contribution in [0.1, 0.15) is 5.56 Å². The van der Waals surface area contributed by atoms with Crippen LogP contribution in [0.2, 0.25) is 0 Å². The zero-order valence-corrected chi connectivity index (χ0v) is 17.9. The van der Waals surface area contributed by atoms with Gasteiger partial charge in [-0.2, -0.15) is 13.2 Å². The summed E-state index contributed by atoms with van der Waals surface area (Å²) < 4.78 is 45.3. The predicted octanol–water partition coefficient (Wildman–Crippen LogP) is 2.96. The second kappa shape index (κ2) is 9.06. The summed E-state index contributed by atoms with van der Waals surface area (Å²) in [4.78, 5) is 51.0. The van der Waals surface area contributed by atoms with E-state index >= 15 is 0 Å². The number of para-hydroxylation sites is 1. The number of carbonyl (C=O) groups excluding carboxylic acids is 3. The van der Waals surface area contributed by atoms with Crippen molar-refractivity contribution in [3.8, 4) is 0 Å². The van der Waals surface area contributed by atoms with Gasteiger partial charge in [0.1, 0.15) is 5.82 Å². The molecule has 2 aromatic carbocycles. The van der Waals surface area contributed by atoms with Gasteiger partial charge < -0.3 is 5.11 Å². The molecule has 5 rings (SSSR count). The van der Waals surface area contributed by atoms with Gasteiger partial charge in [0.2, 0.25) is 11.8 Å². The number of nitrogens with zero attached hydrogens (tertiary/aromatic N) is 2. The van der Waals surface area contributed by atoms with Crippen molar-refractivity contribution >= 4 is 29.3 Å². The summed E-state index contributed by atoms with van der Waals surface area (Å²) in [6.45, 7) is 0.308. The highest BCUT2D eigenvalue weighted by Gasteiger charge is 2.64. The minimum absolute atomic E-state index is 0.184. The number of carboxylic acids is 1. The standard InChI is InChI=1S/C22H17FN2O3.C2HF3O2/c23-14-6-4-5-13(11-14)12-24-16-9-10-17(26)20(24)19-18(16)21(27)25(22(19)28)15-7-2-1-3-8-15;3-2(4,5)1(6)7/h1-11,16,18-20H,12H2;(H,6,7). The van der Waals surface area contributed by atoms with Gasteiger partial charge in [-0.25, -0.2) is 14.1 Å². The van der Waals surface area contributed by atoms with Crippen molar-refractivity contribution in [2.75, 3.05) is 4.90 Å². The van der Waals surface area contributed by atoms with E-state index in [0.29, 0.717) is 17.8 Å². The molecule has 0 spiro atoms. The molecule has 0 aromatic heterocycles. The number of fused-ring (bicyclic) bond motifs is 5. The van der Waals surface area contributed by atoms with E-state index in [-0.39, 0.29) is 29.5 Å². The highest BCUT2D eigenvalue weighted by atomic mass is 19.4. The first-order valence-electron chi connectivity index (χ1n) is 10.5. The van der Waals surface area contributed by atoms with Gasteiger partial charge in [0.05, 0.1) is 23.6 Å². The molecule has 0 radical (unpaired) electrons. The van der Waals surface area contributed by atoms with Crippen LogP contribution in [0.25, 0.3) is 0 Å². The van der Waals surface area contributed by atoms with Crippen LogP contribution >= 0.6 is 0 Å². The van der Waals surface area contributed by atoms with Crippen LogP contribution in [0.4, 0.5) is 23.2 Å². The minimum atomic E-state index is -5.08. The third-order valence-electron chi connectivity index (χ3n) is 6.11. The van der Waals surface area contributed by atoms with Crippen LogP contribution in [0.15, 0.2) is 66.7 Å². The molecular formula is C24H18F4N2O5. The molecular weight excluding hydrogens is 472 g/mol. The summed E-state index contributed by atoms with van der Waals surface area (Å²) in [5, 5.41) is 7.12. The summed E-state index contributed by atoms with van der Waals surface area (Å²) in [7, 11) is 0. The van der Waals surface area contributed by atoms with Crippen molar-refractivity contribution in [2.45, 2.75) is 24.8 Å². The molecule has 11 heteroatoms. The molecule has 2 bridgehead atoms. The maximum atomic E-state index is 13.6. The van der Waals surface area contributed by atoms with Crippen LogP contribution in [-0.2, 0) is 25.7 Å². The Morgan fingerprint density at radius 1 is 0.943 bits per heavy atom. The van der Waals surface area contributed by atoms with E-state index in [1.165, 1.54) is 23.1 Å². The molecule has 4 atom stereocenters. The lowest BCUT2D eigenvalue weighted by atomic mass is 9.90. The van der Waals surface area contributed by atoms with E-state index in [9.17, 15) is 31.9 Å². The van der Waals surface area contributed by atoms with E-state index in [1.54, 1.807) is 42.5 Å². The van der Waals surface area contributed by atoms with Gasteiger partial charge in [-0.1, -0.05) is 36.4 Å². The molecule has 182 valence electrons. The summed E-state index contributed by atoms with van der Waals surface area (Å²) in [6.07, 6.45) is -1.90. The van der Waals surface area contributed by atoms with E-state index in [2.05, 4.69) is 0 Å². The van der Waals surface area contributed by atoms with Crippen LogP contribution < -0.4 is 4.90 Å². The number of amides is 2. The topological polar surface area (TPSA) is 95.0 Å². The number of carbonyl (C=O) groups is 4. The largest absolute Gasteiger partial charge is 0.490 e. The molecule has 2 amide bonds. The number of imide groups is 1. The lowest BCUT2D eigenvalue weighted by Crippen LogP contribution is -2.48. The second-order valence-corrected chi connectivity index (χ2v) is 8.20. The molecule has 3 heterocycles. The van der Waals surface area contributed by atoms with Gasteiger partial charge in [0.25, 0.3) is 0 Å². The third kappa shape index (κ3) is 4.46. The molecule has 3 aliphatic rings. The molecule has 2 aromatic rings. The number of alkyl halides is 3. The van der Waals surface area contributed by atoms with Crippen molar-refractivity contribution < 1.29 is 41.8 Å². The van der Waals surface area contributed by atoms with E-state index in [4.69, 9.17) is 9.90 Å². The van der Waals surface area contributed by atoms with Gasteiger partial charge in [-0.05, 0) is 35.9 Å². The number of rotatable bonds is 3. The lowest BCUT2D eigenvalue weighted by Gasteiger charge is -2.33. The van der Waals surface area contributed by atoms with Crippen LogP contribution in [0.3, 0.4) is 0 Å². The Hall–Kier alpha value is -3.86. The molecule has 4 unspecified atom stereocenters. The van der Waals surface area contributed by atoms with Crippen molar-refractivity contribution in [1.82, 2.24) is 4.90 Å². The predicted molar refractivity (Wildman–Crippen MR) is 113 cm³/mol. The Morgan fingerprint density at radius 2 is 1.57 bits per heavy atom.